The summed E-state index contributed by atoms with van der Waals surface area (Å²) in [6, 6.07) is 2.07. The first-order valence-electron chi connectivity index (χ1n) is 6.25. The molecule has 2 saturated carbocycles. The van der Waals surface area contributed by atoms with Crippen molar-refractivity contribution < 1.29 is 0 Å². The summed E-state index contributed by atoms with van der Waals surface area (Å²) in [6.45, 7) is 0. The topological polar surface area (TPSA) is 29.3 Å². The van der Waals surface area contributed by atoms with Gasteiger partial charge in [0.1, 0.15) is 0 Å². The van der Waals surface area contributed by atoms with Crippen LogP contribution in [0.1, 0.15) is 38.5 Å². The molecule has 1 aliphatic heterocycles. The molecular formula is C12H22N2. The summed E-state index contributed by atoms with van der Waals surface area (Å²) in [5, 5.41) is 0. The Bertz CT molecular complexity index is 222. The molecule has 2 aliphatic carbocycles. The van der Waals surface area contributed by atoms with Crippen molar-refractivity contribution in [1.82, 2.24) is 4.90 Å². The van der Waals surface area contributed by atoms with E-state index in [-0.39, 0.29) is 0 Å². The number of likely N-dealkylation sites (N-methyl/N-ethyl adjacent to an activating group) is 1. The van der Waals surface area contributed by atoms with E-state index in [9.17, 15) is 0 Å². The van der Waals surface area contributed by atoms with Crippen molar-refractivity contribution in [3.05, 3.63) is 0 Å². The van der Waals surface area contributed by atoms with Gasteiger partial charge in [0.2, 0.25) is 0 Å². The van der Waals surface area contributed by atoms with Crippen molar-refractivity contribution >= 4 is 0 Å². The fourth-order valence-electron chi connectivity index (χ4n) is 3.94. The summed E-state index contributed by atoms with van der Waals surface area (Å²) in [7, 11) is 2.30. The lowest BCUT2D eigenvalue weighted by molar-refractivity contribution is 0.103. The van der Waals surface area contributed by atoms with Gasteiger partial charge in [-0.3, -0.25) is 4.90 Å². The maximum absolute atomic E-state index is 6.42. The molecule has 0 spiro atoms. The molecule has 4 atom stereocenters. The highest BCUT2D eigenvalue weighted by atomic mass is 15.2. The van der Waals surface area contributed by atoms with Gasteiger partial charge in [-0.1, -0.05) is 6.42 Å². The Hall–Kier alpha value is -0.0800. The zero-order valence-electron chi connectivity index (χ0n) is 9.15. The van der Waals surface area contributed by atoms with E-state index in [0.717, 1.165) is 23.9 Å². The molecule has 1 heterocycles. The van der Waals surface area contributed by atoms with Gasteiger partial charge < -0.3 is 5.73 Å². The van der Waals surface area contributed by atoms with E-state index in [4.69, 9.17) is 5.73 Å². The SMILES string of the molecule is CN1C2CCC(C2)C1C(N)C1CCC1. The number of nitrogens with zero attached hydrogens (tertiary/aromatic N) is 1. The van der Waals surface area contributed by atoms with Crippen molar-refractivity contribution in [2.75, 3.05) is 7.05 Å². The van der Waals surface area contributed by atoms with Crippen LogP contribution in [0.5, 0.6) is 0 Å². The number of nitrogens with two attached hydrogens (primary N) is 1. The van der Waals surface area contributed by atoms with Crippen LogP contribution in [0.15, 0.2) is 0 Å². The Morgan fingerprint density at radius 3 is 2.50 bits per heavy atom. The first-order valence-corrected chi connectivity index (χ1v) is 6.25. The fourth-order valence-corrected chi connectivity index (χ4v) is 3.94. The molecule has 3 fully saturated rings. The zero-order chi connectivity index (χ0) is 9.71. The number of fused-ring (bicyclic) bond motifs is 2. The molecule has 0 aromatic carbocycles. The van der Waals surface area contributed by atoms with Crippen LogP contribution >= 0.6 is 0 Å². The van der Waals surface area contributed by atoms with Gasteiger partial charge >= 0.3 is 0 Å². The average molecular weight is 194 g/mol. The van der Waals surface area contributed by atoms with E-state index in [2.05, 4.69) is 11.9 Å². The summed E-state index contributed by atoms with van der Waals surface area (Å²) >= 11 is 0. The first kappa shape index (κ1) is 9.17. The molecule has 2 nitrogen and oxygen atoms in total. The smallest absolute Gasteiger partial charge is 0.0278 e. The van der Waals surface area contributed by atoms with Crippen molar-refractivity contribution in [3.63, 3.8) is 0 Å². The number of hydrogen-bond acceptors (Lipinski definition) is 2. The Morgan fingerprint density at radius 1 is 1.21 bits per heavy atom. The second kappa shape index (κ2) is 3.21. The lowest BCUT2D eigenvalue weighted by atomic mass is 9.74. The Balaban J connectivity index is 1.71. The highest BCUT2D eigenvalue weighted by Gasteiger charge is 2.48. The average Bonchev–Trinajstić information content (AvgIpc) is 2.59. The number of likely N-dealkylation sites (tertiary alicyclic amines) is 1. The summed E-state index contributed by atoms with van der Waals surface area (Å²) < 4.78 is 0. The van der Waals surface area contributed by atoms with Gasteiger partial charge in [0.15, 0.2) is 0 Å². The maximum atomic E-state index is 6.42. The number of rotatable bonds is 2. The van der Waals surface area contributed by atoms with Gasteiger partial charge in [-0.25, -0.2) is 0 Å². The molecule has 14 heavy (non-hydrogen) atoms. The normalized spacial score (nSPS) is 45.4. The van der Waals surface area contributed by atoms with E-state index < -0.39 is 0 Å². The summed E-state index contributed by atoms with van der Waals surface area (Å²) in [4.78, 5) is 2.59. The van der Waals surface area contributed by atoms with Gasteiger partial charge in [-0.05, 0) is 51.0 Å². The molecule has 0 aromatic rings. The van der Waals surface area contributed by atoms with E-state index in [1.807, 2.05) is 0 Å². The van der Waals surface area contributed by atoms with E-state index in [0.29, 0.717) is 6.04 Å². The van der Waals surface area contributed by atoms with Crippen LogP contribution < -0.4 is 5.73 Å². The van der Waals surface area contributed by atoms with Crippen molar-refractivity contribution in [2.24, 2.45) is 17.6 Å². The molecule has 2 heteroatoms. The lowest BCUT2D eigenvalue weighted by Gasteiger charge is -2.42. The third-order valence-electron chi connectivity index (χ3n) is 5.06. The predicted octanol–water partition coefficient (Wildman–Crippen LogP) is 1.60. The van der Waals surface area contributed by atoms with Crippen molar-refractivity contribution in [3.8, 4) is 0 Å². The summed E-state index contributed by atoms with van der Waals surface area (Å²) in [5.41, 5.74) is 6.42. The molecule has 2 bridgehead atoms. The molecule has 1 saturated heterocycles. The lowest BCUT2D eigenvalue weighted by Crippen LogP contribution is -2.54. The Labute approximate surface area is 86.8 Å². The van der Waals surface area contributed by atoms with Crippen LogP contribution in [-0.2, 0) is 0 Å². The van der Waals surface area contributed by atoms with Crippen molar-refractivity contribution in [2.45, 2.75) is 56.7 Å². The van der Waals surface area contributed by atoms with Crippen LogP contribution in [0.4, 0.5) is 0 Å². The summed E-state index contributed by atoms with van der Waals surface area (Å²) in [5.74, 6) is 1.78. The molecule has 0 amide bonds. The van der Waals surface area contributed by atoms with Crippen LogP contribution in [0, 0.1) is 11.8 Å². The van der Waals surface area contributed by atoms with Crippen LogP contribution in [0.25, 0.3) is 0 Å². The Kier molecular flexibility index (Phi) is 2.10. The summed E-state index contributed by atoms with van der Waals surface area (Å²) in [6.07, 6.45) is 8.51. The Morgan fingerprint density at radius 2 is 2.00 bits per heavy atom. The number of piperidine rings is 1. The van der Waals surface area contributed by atoms with E-state index >= 15 is 0 Å². The quantitative estimate of drug-likeness (QED) is 0.723. The van der Waals surface area contributed by atoms with Gasteiger partial charge in [0.05, 0.1) is 0 Å². The van der Waals surface area contributed by atoms with Crippen LogP contribution in [0.3, 0.4) is 0 Å². The molecule has 80 valence electrons. The van der Waals surface area contributed by atoms with Gasteiger partial charge in [-0.15, -0.1) is 0 Å². The third kappa shape index (κ3) is 1.17. The second-order valence-electron chi connectivity index (χ2n) is 5.65. The second-order valence-corrected chi connectivity index (χ2v) is 5.65. The van der Waals surface area contributed by atoms with Crippen molar-refractivity contribution in [1.29, 1.82) is 0 Å². The molecule has 4 unspecified atom stereocenters. The highest BCUT2D eigenvalue weighted by molar-refractivity contribution is 5.04. The largest absolute Gasteiger partial charge is 0.326 e. The molecule has 0 radical (unpaired) electrons. The minimum atomic E-state index is 0.476. The minimum Gasteiger partial charge on any atom is -0.326 e. The van der Waals surface area contributed by atoms with Crippen LogP contribution in [-0.4, -0.2) is 30.1 Å². The van der Waals surface area contributed by atoms with Gasteiger partial charge in [0, 0.05) is 18.1 Å². The zero-order valence-corrected chi connectivity index (χ0v) is 9.15. The third-order valence-corrected chi connectivity index (χ3v) is 5.06. The van der Waals surface area contributed by atoms with E-state index in [1.165, 1.54) is 38.5 Å². The van der Waals surface area contributed by atoms with Gasteiger partial charge in [0.25, 0.3) is 0 Å². The molecule has 3 aliphatic rings. The van der Waals surface area contributed by atoms with Gasteiger partial charge in [-0.2, -0.15) is 0 Å². The monoisotopic (exact) mass is 194 g/mol. The molecular weight excluding hydrogens is 172 g/mol. The standard InChI is InChI=1S/C12H22N2/c1-14-10-6-5-9(7-10)12(14)11(13)8-3-2-4-8/h8-12H,2-7,13H2,1H3. The van der Waals surface area contributed by atoms with Crippen LogP contribution in [0.2, 0.25) is 0 Å². The molecule has 0 aromatic heterocycles. The fraction of sp³-hybridized carbons (Fsp3) is 1.00. The highest BCUT2D eigenvalue weighted by Crippen LogP contribution is 2.45. The predicted molar refractivity (Wildman–Crippen MR) is 58.0 cm³/mol. The first-order chi connectivity index (χ1) is 6.77. The van der Waals surface area contributed by atoms with E-state index in [1.54, 1.807) is 0 Å². The minimum absolute atomic E-state index is 0.476. The maximum Gasteiger partial charge on any atom is 0.0278 e. The molecule has 3 rings (SSSR count). The number of hydrogen-bond donors (Lipinski definition) is 1. The molecule has 2 N–H and O–H groups in total.